The van der Waals surface area contributed by atoms with Crippen LogP contribution in [0.4, 0.5) is 34.1 Å². The standard InChI is InChI=1S/C30H34N10O5/c1-18-24-25(19-3-8-22(41)23(17-19)43-2)32-30(42)33-26(24)40(37-18)21-6-4-20(5-7-21)31-27-34-28(38-9-13-44-14-10-38)36-29(35-27)39-11-15-45-16-12-39/h3-8,17,25,41H,9-16H2,1-2H3,(H2,32,33,42)(H,31,34,35,36). The number of nitrogens with zero attached hydrogens (tertiary/aromatic N) is 7. The summed E-state index contributed by atoms with van der Waals surface area (Å²) in [5, 5.41) is 24.1. The number of urea groups is 1. The van der Waals surface area contributed by atoms with Gasteiger partial charge in [0.1, 0.15) is 5.82 Å². The molecule has 2 aromatic heterocycles. The summed E-state index contributed by atoms with van der Waals surface area (Å²) in [5.74, 6) is 2.57. The van der Waals surface area contributed by atoms with E-state index in [1.165, 1.54) is 7.11 Å². The molecule has 15 nitrogen and oxygen atoms in total. The van der Waals surface area contributed by atoms with E-state index < -0.39 is 6.04 Å². The number of anilines is 5. The molecule has 15 heteroatoms. The Morgan fingerprint density at radius 3 is 2.20 bits per heavy atom. The number of ether oxygens (including phenoxy) is 3. The lowest BCUT2D eigenvalue weighted by molar-refractivity contribution is 0.121. The molecule has 0 saturated carbocycles. The molecule has 4 aromatic rings. The Bertz CT molecular complexity index is 1660. The van der Waals surface area contributed by atoms with Crippen LogP contribution in [0.2, 0.25) is 0 Å². The first kappa shape index (κ1) is 28.6. The van der Waals surface area contributed by atoms with E-state index in [-0.39, 0.29) is 11.8 Å². The van der Waals surface area contributed by atoms with Crippen LogP contribution in [0.15, 0.2) is 42.5 Å². The van der Waals surface area contributed by atoms with Crippen molar-refractivity contribution in [3.8, 4) is 17.2 Å². The largest absolute Gasteiger partial charge is 0.504 e. The highest BCUT2D eigenvalue weighted by molar-refractivity contribution is 5.93. The molecule has 0 spiro atoms. The van der Waals surface area contributed by atoms with Gasteiger partial charge < -0.3 is 39.8 Å². The van der Waals surface area contributed by atoms with Crippen LogP contribution >= 0.6 is 0 Å². The van der Waals surface area contributed by atoms with Crippen molar-refractivity contribution < 1.29 is 24.1 Å². The minimum Gasteiger partial charge on any atom is -0.504 e. The van der Waals surface area contributed by atoms with E-state index >= 15 is 0 Å². The molecule has 7 rings (SSSR count). The molecule has 3 aliphatic heterocycles. The van der Waals surface area contributed by atoms with Gasteiger partial charge in [-0.15, -0.1) is 0 Å². The first-order valence-corrected chi connectivity index (χ1v) is 14.8. The predicted octanol–water partition coefficient (Wildman–Crippen LogP) is 2.72. The average molecular weight is 615 g/mol. The van der Waals surface area contributed by atoms with Crippen LogP contribution in [0.25, 0.3) is 5.69 Å². The first-order chi connectivity index (χ1) is 22.0. The van der Waals surface area contributed by atoms with Crippen molar-refractivity contribution in [3.63, 3.8) is 0 Å². The summed E-state index contributed by atoms with van der Waals surface area (Å²) in [6.45, 7) is 7.24. The number of benzene rings is 2. The van der Waals surface area contributed by atoms with Gasteiger partial charge >= 0.3 is 6.03 Å². The second-order valence-electron chi connectivity index (χ2n) is 10.9. The van der Waals surface area contributed by atoms with Crippen molar-refractivity contribution in [1.29, 1.82) is 0 Å². The first-order valence-electron chi connectivity index (χ1n) is 14.8. The van der Waals surface area contributed by atoms with Gasteiger partial charge in [-0.2, -0.15) is 20.1 Å². The number of carbonyl (C=O) groups excluding carboxylic acids is 1. The fourth-order valence-corrected chi connectivity index (χ4v) is 5.70. The number of aromatic hydroxyl groups is 1. The molecule has 0 bridgehead atoms. The number of morpholine rings is 2. The van der Waals surface area contributed by atoms with E-state index in [1.54, 1.807) is 22.9 Å². The summed E-state index contributed by atoms with van der Waals surface area (Å²) < 4.78 is 18.1. The van der Waals surface area contributed by atoms with Gasteiger partial charge in [-0.25, -0.2) is 9.48 Å². The van der Waals surface area contributed by atoms with Gasteiger partial charge in [0.2, 0.25) is 17.8 Å². The smallest absolute Gasteiger partial charge is 0.321 e. The van der Waals surface area contributed by atoms with Crippen molar-refractivity contribution >= 4 is 35.4 Å². The number of phenols is 1. The molecule has 1 unspecified atom stereocenters. The van der Waals surface area contributed by atoms with Gasteiger partial charge in [0.05, 0.1) is 51.0 Å². The minimum atomic E-state index is -0.483. The lowest BCUT2D eigenvalue weighted by Crippen LogP contribution is -2.40. The summed E-state index contributed by atoms with van der Waals surface area (Å²) in [6.07, 6.45) is 0. The molecule has 5 heterocycles. The molecule has 234 valence electrons. The van der Waals surface area contributed by atoms with Crippen molar-refractivity contribution in [3.05, 3.63) is 59.3 Å². The monoisotopic (exact) mass is 614 g/mol. The number of aryl methyl sites for hydroxylation is 1. The maximum Gasteiger partial charge on any atom is 0.321 e. The second kappa shape index (κ2) is 12.1. The third-order valence-electron chi connectivity index (χ3n) is 8.01. The van der Waals surface area contributed by atoms with Gasteiger partial charge in [-0.3, -0.25) is 5.32 Å². The molecular weight excluding hydrogens is 580 g/mol. The SMILES string of the molecule is COc1cc(C2NC(=O)Nc3c2c(C)nn3-c2ccc(Nc3nc(N4CCOCC4)nc(N4CCOCC4)n3)cc2)ccc1O. The Balaban J connectivity index is 1.17. The summed E-state index contributed by atoms with van der Waals surface area (Å²) in [4.78, 5) is 31.2. The highest BCUT2D eigenvalue weighted by Gasteiger charge is 2.32. The van der Waals surface area contributed by atoms with Crippen LogP contribution < -0.4 is 30.5 Å². The maximum atomic E-state index is 12.8. The molecule has 45 heavy (non-hydrogen) atoms. The van der Waals surface area contributed by atoms with Crippen LogP contribution in [-0.2, 0) is 9.47 Å². The summed E-state index contributed by atoms with van der Waals surface area (Å²) >= 11 is 0. The Morgan fingerprint density at radius 2 is 1.58 bits per heavy atom. The molecule has 2 aromatic carbocycles. The number of carbonyl (C=O) groups is 1. The highest BCUT2D eigenvalue weighted by atomic mass is 16.5. The van der Waals surface area contributed by atoms with E-state index in [4.69, 9.17) is 34.3 Å². The van der Waals surface area contributed by atoms with Crippen LogP contribution in [-0.4, -0.2) is 95.6 Å². The van der Waals surface area contributed by atoms with Crippen LogP contribution in [0.5, 0.6) is 11.5 Å². The van der Waals surface area contributed by atoms with Crippen LogP contribution in [0, 0.1) is 6.92 Å². The van der Waals surface area contributed by atoms with Gasteiger partial charge in [0, 0.05) is 37.4 Å². The molecule has 1 atom stereocenters. The Labute approximate surface area is 259 Å². The molecule has 0 aliphatic carbocycles. The number of fused-ring (bicyclic) bond motifs is 1. The molecule has 4 N–H and O–H groups in total. The topological polar surface area (TPSA) is 164 Å². The van der Waals surface area contributed by atoms with Crippen LogP contribution in [0.1, 0.15) is 22.9 Å². The van der Waals surface area contributed by atoms with E-state index in [1.807, 2.05) is 31.2 Å². The third-order valence-corrected chi connectivity index (χ3v) is 8.01. The minimum absolute atomic E-state index is 0.0228. The number of aromatic nitrogens is 5. The molecule has 3 aliphatic rings. The van der Waals surface area contributed by atoms with Crippen molar-refractivity contribution in [1.82, 2.24) is 30.0 Å². The molecule has 2 fully saturated rings. The van der Waals surface area contributed by atoms with Gasteiger partial charge in [0.25, 0.3) is 0 Å². The predicted molar refractivity (Wildman–Crippen MR) is 166 cm³/mol. The number of hydrogen-bond acceptors (Lipinski definition) is 12. The highest BCUT2D eigenvalue weighted by Crippen LogP contribution is 2.38. The van der Waals surface area contributed by atoms with E-state index in [0.717, 1.165) is 28.2 Å². The van der Waals surface area contributed by atoms with Gasteiger partial charge in [-0.1, -0.05) is 6.07 Å². The lowest BCUT2D eigenvalue weighted by atomic mass is 9.96. The number of hydrogen-bond donors (Lipinski definition) is 4. The van der Waals surface area contributed by atoms with Crippen molar-refractivity contribution in [2.75, 3.05) is 80.1 Å². The fourth-order valence-electron chi connectivity index (χ4n) is 5.70. The molecule has 2 saturated heterocycles. The van der Waals surface area contributed by atoms with Gasteiger partial charge in [0.15, 0.2) is 11.5 Å². The maximum absolute atomic E-state index is 12.8. The Morgan fingerprint density at radius 1 is 0.933 bits per heavy atom. The van der Waals surface area contributed by atoms with Crippen molar-refractivity contribution in [2.45, 2.75) is 13.0 Å². The van der Waals surface area contributed by atoms with E-state index in [9.17, 15) is 9.90 Å². The zero-order chi connectivity index (χ0) is 30.9. The van der Waals surface area contributed by atoms with Crippen molar-refractivity contribution in [2.24, 2.45) is 0 Å². The number of phenolic OH excluding ortho intramolecular Hbond substituents is 1. The van der Waals surface area contributed by atoms with E-state index in [2.05, 4.69) is 25.8 Å². The molecule has 0 radical (unpaired) electrons. The number of nitrogens with one attached hydrogen (secondary N) is 3. The molecule has 2 amide bonds. The molecular formula is C30H34N10O5. The Hall–Kier alpha value is -5.15. The zero-order valence-corrected chi connectivity index (χ0v) is 25.0. The van der Waals surface area contributed by atoms with Crippen LogP contribution in [0.3, 0.4) is 0 Å². The Kier molecular flexibility index (Phi) is 7.69. The summed E-state index contributed by atoms with van der Waals surface area (Å²) in [5.41, 5.74) is 3.86. The quantitative estimate of drug-likeness (QED) is 0.241. The zero-order valence-electron chi connectivity index (χ0n) is 25.0. The number of rotatable bonds is 7. The van der Waals surface area contributed by atoms with E-state index in [0.29, 0.717) is 82.0 Å². The third kappa shape index (κ3) is 5.74. The average Bonchev–Trinajstić information content (AvgIpc) is 3.41. The summed E-state index contributed by atoms with van der Waals surface area (Å²) in [7, 11) is 1.49. The number of methoxy groups -OCH3 is 1. The number of amides is 2. The summed E-state index contributed by atoms with van der Waals surface area (Å²) in [6, 6.07) is 11.8. The lowest BCUT2D eigenvalue weighted by Gasteiger charge is -2.30. The normalized spacial score (nSPS) is 18.2. The van der Waals surface area contributed by atoms with Gasteiger partial charge in [-0.05, 0) is 48.9 Å². The fraction of sp³-hybridized carbons (Fsp3) is 0.367. The second-order valence-corrected chi connectivity index (χ2v) is 10.9.